The van der Waals surface area contributed by atoms with Crippen molar-refractivity contribution in [1.82, 2.24) is 4.98 Å². The number of phenols is 1. The molecule has 0 bridgehead atoms. The average Bonchev–Trinajstić information content (AvgIpc) is 2.68. The number of fused-ring (bicyclic) bond motifs is 1. The Balaban J connectivity index is 1.97. The number of hydrogen-bond donors (Lipinski definition) is 3. The lowest BCUT2D eigenvalue weighted by Crippen LogP contribution is -2.35. The summed E-state index contributed by atoms with van der Waals surface area (Å²) >= 11 is 0. The summed E-state index contributed by atoms with van der Waals surface area (Å²) in [5.41, 5.74) is 0.636. The maximum atomic E-state index is 12.6. The van der Waals surface area contributed by atoms with Gasteiger partial charge in [-0.05, 0) is 30.7 Å². The highest BCUT2D eigenvalue weighted by Gasteiger charge is 2.30. The number of aromatic hydroxyl groups is 1. The summed E-state index contributed by atoms with van der Waals surface area (Å²) in [4.78, 5) is 16.7. The molecule has 8 heteroatoms. The molecule has 0 aliphatic rings. The Bertz CT molecular complexity index is 914. The average molecular weight is 423 g/mol. The quantitative estimate of drug-likeness (QED) is 0.260. The van der Waals surface area contributed by atoms with Crippen LogP contribution in [0.3, 0.4) is 0 Å². The van der Waals surface area contributed by atoms with Gasteiger partial charge >= 0.3 is 0 Å². The van der Waals surface area contributed by atoms with Crippen LogP contribution in [-0.4, -0.2) is 34.2 Å². The maximum Gasteiger partial charge on any atom is 0.276 e. The first kappa shape index (κ1) is 23.1. The molecule has 1 aromatic heterocycles. The summed E-state index contributed by atoms with van der Waals surface area (Å²) in [7, 11) is -4.53. The van der Waals surface area contributed by atoms with Gasteiger partial charge in [-0.25, -0.2) is 0 Å². The predicted octanol–water partition coefficient (Wildman–Crippen LogP) is 4.67. The molecule has 1 heterocycles. The maximum absolute atomic E-state index is 12.6. The van der Waals surface area contributed by atoms with Crippen molar-refractivity contribution in [2.75, 3.05) is 5.32 Å². The topological polar surface area (TPSA) is 117 Å². The Morgan fingerprint density at radius 1 is 1.07 bits per heavy atom. The van der Waals surface area contributed by atoms with Crippen molar-refractivity contribution < 1.29 is 22.9 Å². The highest BCUT2D eigenvalue weighted by atomic mass is 32.2. The Kier molecular flexibility index (Phi) is 8.85. The molecule has 160 valence electrons. The zero-order chi connectivity index (χ0) is 21.3. The minimum Gasteiger partial charge on any atom is -0.506 e. The molecule has 3 N–H and O–H groups in total. The van der Waals surface area contributed by atoms with Gasteiger partial charge in [0, 0.05) is 11.6 Å². The summed E-state index contributed by atoms with van der Waals surface area (Å²) in [6.07, 6.45) is 9.81. The Morgan fingerprint density at radius 2 is 1.72 bits per heavy atom. The molecule has 29 heavy (non-hydrogen) atoms. The number of rotatable bonds is 12. The number of nitrogens with one attached hydrogen (secondary N) is 1. The van der Waals surface area contributed by atoms with Crippen LogP contribution in [0.4, 0.5) is 5.69 Å². The van der Waals surface area contributed by atoms with E-state index in [1.807, 2.05) is 0 Å². The van der Waals surface area contributed by atoms with E-state index in [0.717, 1.165) is 25.7 Å². The first-order valence-corrected chi connectivity index (χ1v) is 11.7. The third kappa shape index (κ3) is 6.97. The first-order valence-electron chi connectivity index (χ1n) is 10.2. The second-order valence-electron chi connectivity index (χ2n) is 7.29. The van der Waals surface area contributed by atoms with Crippen LogP contribution in [0.15, 0.2) is 30.5 Å². The van der Waals surface area contributed by atoms with E-state index in [4.69, 9.17) is 0 Å². The van der Waals surface area contributed by atoms with Gasteiger partial charge < -0.3 is 10.4 Å². The molecule has 7 nitrogen and oxygen atoms in total. The number of benzene rings is 1. The highest BCUT2D eigenvalue weighted by molar-refractivity contribution is 7.87. The molecule has 0 aliphatic carbocycles. The van der Waals surface area contributed by atoms with E-state index < -0.39 is 21.3 Å². The fourth-order valence-corrected chi connectivity index (χ4v) is 4.15. The monoisotopic (exact) mass is 422 g/mol. The zero-order valence-electron chi connectivity index (χ0n) is 16.8. The third-order valence-corrected chi connectivity index (χ3v) is 6.15. The lowest BCUT2D eigenvalue weighted by molar-refractivity contribution is -0.116. The largest absolute Gasteiger partial charge is 0.506 e. The van der Waals surface area contributed by atoms with Crippen molar-refractivity contribution in [3.8, 4) is 5.75 Å². The first-order chi connectivity index (χ1) is 13.8. The van der Waals surface area contributed by atoms with Gasteiger partial charge in [0.1, 0.15) is 11.3 Å². The second kappa shape index (κ2) is 11.1. The molecule has 2 rings (SSSR count). The number of amides is 1. The number of unbranched alkanes of at least 4 members (excludes halogenated alkanes) is 7. The molecule has 1 amide bonds. The van der Waals surface area contributed by atoms with Gasteiger partial charge in [0.05, 0.1) is 5.69 Å². The predicted molar refractivity (Wildman–Crippen MR) is 115 cm³/mol. The van der Waals surface area contributed by atoms with Crippen LogP contribution in [0.5, 0.6) is 5.75 Å². The van der Waals surface area contributed by atoms with Crippen LogP contribution in [0.1, 0.15) is 64.7 Å². The molecular formula is C21H30N2O5S. The third-order valence-electron chi connectivity index (χ3n) is 4.98. The molecule has 0 radical (unpaired) electrons. The number of carbonyl (C=O) groups excluding carboxylic acids is 1. The molecular weight excluding hydrogens is 392 g/mol. The van der Waals surface area contributed by atoms with Crippen molar-refractivity contribution in [3.05, 3.63) is 30.5 Å². The number of anilines is 1. The second-order valence-corrected chi connectivity index (χ2v) is 8.89. The van der Waals surface area contributed by atoms with Gasteiger partial charge in [0.25, 0.3) is 10.1 Å². The van der Waals surface area contributed by atoms with E-state index in [2.05, 4.69) is 17.2 Å². The van der Waals surface area contributed by atoms with Crippen molar-refractivity contribution in [1.29, 1.82) is 0 Å². The molecule has 0 saturated heterocycles. The molecule has 0 fully saturated rings. The molecule has 0 saturated carbocycles. The van der Waals surface area contributed by atoms with Gasteiger partial charge in [0.15, 0.2) is 5.25 Å². The summed E-state index contributed by atoms with van der Waals surface area (Å²) in [6, 6.07) is 6.18. The lowest BCUT2D eigenvalue weighted by atomic mass is 10.1. The van der Waals surface area contributed by atoms with E-state index in [1.54, 1.807) is 12.1 Å². The fraction of sp³-hybridized carbons (Fsp3) is 0.524. The number of carbonyl (C=O) groups is 1. The van der Waals surface area contributed by atoms with Crippen LogP contribution in [0.25, 0.3) is 10.9 Å². The smallest absolute Gasteiger partial charge is 0.276 e. The molecule has 1 aromatic carbocycles. The molecule has 1 atom stereocenters. The van der Waals surface area contributed by atoms with Crippen LogP contribution in [-0.2, 0) is 14.9 Å². The van der Waals surface area contributed by atoms with Crippen LogP contribution >= 0.6 is 0 Å². The van der Waals surface area contributed by atoms with Crippen LogP contribution < -0.4 is 5.32 Å². The van der Waals surface area contributed by atoms with Crippen LogP contribution in [0, 0.1) is 0 Å². The zero-order valence-corrected chi connectivity index (χ0v) is 17.6. The SMILES string of the molecule is CCCCCCCCCCC(C(=O)Nc1ccc(O)c2ncccc12)S(=O)(=O)O. The Labute approximate surface area is 172 Å². The number of hydrogen-bond acceptors (Lipinski definition) is 5. The number of pyridine rings is 1. The summed E-state index contributed by atoms with van der Waals surface area (Å²) in [5.74, 6) is -0.824. The van der Waals surface area contributed by atoms with Crippen molar-refractivity contribution >= 4 is 32.6 Å². The standard InChI is InChI=1S/C21H30N2O5S/c1-2-3-4-5-6-7-8-9-12-19(29(26,27)28)21(25)23-17-13-14-18(24)20-16(17)11-10-15-22-20/h10-11,13-15,19,24H,2-9,12H2,1H3,(H,23,25)(H,26,27,28). The Hall–Kier alpha value is -2.19. The molecule has 1 unspecified atom stereocenters. The van der Waals surface area contributed by atoms with Crippen molar-refractivity contribution in [2.45, 2.75) is 70.0 Å². The van der Waals surface area contributed by atoms with E-state index >= 15 is 0 Å². The number of phenolic OH excluding ortho intramolecular Hbond substituents is 1. The number of aromatic nitrogens is 1. The van der Waals surface area contributed by atoms with Crippen molar-refractivity contribution in [2.24, 2.45) is 0 Å². The van der Waals surface area contributed by atoms with E-state index in [-0.39, 0.29) is 12.2 Å². The van der Waals surface area contributed by atoms with Gasteiger partial charge in [-0.15, -0.1) is 0 Å². The van der Waals surface area contributed by atoms with E-state index in [1.165, 1.54) is 37.6 Å². The van der Waals surface area contributed by atoms with Gasteiger partial charge in [-0.2, -0.15) is 8.42 Å². The number of nitrogens with zero attached hydrogens (tertiary/aromatic N) is 1. The molecule has 0 aliphatic heterocycles. The summed E-state index contributed by atoms with van der Waals surface area (Å²) in [5, 5.41) is 11.4. The van der Waals surface area contributed by atoms with Gasteiger partial charge in [-0.1, -0.05) is 58.3 Å². The van der Waals surface area contributed by atoms with Gasteiger partial charge in [0.2, 0.25) is 5.91 Å². The van der Waals surface area contributed by atoms with E-state index in [0.29, 0.717) is 23.0 Å². The van der Waals surface area contributed by atoms with Crippen LogP contribution in [0.2, 0.25) is 0 Å². The fourth-order valence-electron chi connectivity index (χ4n) is 3.36. The van der Waals surface area contributed by atoms with Crippen molar-refractivity contribution in [3.63, 3.8) is 0 Å². The highest BCUT2D eigenvalue weighted by Crippen LogP contribution is 2.29. The molecule has 2 aromatic rings. The minimum absolute atomic E-state index is 0.0381. The minimum atomic E-state index is -4.53. The summed E-state index contributed by atoms with van der Waals surface area (Å²) < 4.78 is 33.1. The molecule has 0 spiro atoms. The van der Waals surface area contributed by atoms with E-state index in [9.17, 15) is 22.9 Å². The Morgan fingerprint density at radius 3 is 2.38 bits per heavy atom. The summed E-state index contributed by atoms with van der Waals surface area (Å²) in [6.45, 7) is 2.16. The van der Waals surface area contributed by atoms with Gasteiger partial charge in [-0.3, -0.25) is 14.3 Å². The lowest BCUT2D eigenvalue weighted by Gasteiger charge is -2.15. The normalized spacial score (nSPS) is 12.8.